The third kappa shape index (κ3) is 5.17. The highest BCUT2D eigenvalue weighted by Crippen LogP contribution is 2.32. The van der Waals surface area contributed by atoms with Gasteiger partial charge in [0.2, 0.25) is 5.91 Å². The molecule has 0 radical (unpaired) electrons. The molecule has 0 fully saturated rings. The highest BCUT2D eigenvalue weighted by atomic mass is 32.1. The fourth-order valence-corrected chi connectivity index (χ4v) is 4.13. The molecule has 0 aliphatic carbocycles. The number of hydrogen-bond donors (Lipinski definition) is 1. The summed E-state index contributed by atoms with van der Waals surface area (Å²) in [6, 6.07) is 12.0. The minimum atomic E-state index is -0.844. The summed E-state index contributed by atoms with van der Waals surface area (Å²) >= 11 is 1.34. The number of anilines is 1. The van der Waals surface area contributed by atoms with Crippen LogP contribution in [0.15, 0.2) is 54.9 Å². The fraction of sp³-hybridized carbons (Fsp3) is 0.333. The molecular weight excluding hydrogens is 408 g/mol. The van der Waals surface area contributed by atoms with E-state index >= 15 is 0 Å². The minimum absolute atomic E-state index is 0.234. The van der Waals surface area contributed by atoms with E-state index in [1.807, 2.05) is 65.0 Å². The first kappa shape index (κ1) is 22.6. The zero-order valence-corrected chi connectivity index (χ0v) is 19.4. The van der Waals surface area contributed by atoms with Gasteiger partial charge in [0.25, 0.3) is 5.91 Å². The molecule has 3 rings (SSSR count). The van der Waals surface area contributed by atoms with Crippen LogP contribution < -0.4 is 10.2 Å². The quantitative estimate of drug-likeness (QED) is 0.575. The van der Waals surface area contributed by atoms with Crippen LogP contribution >= 0.6 is 11.3 Å². The summed E-state index contributed by atoms with van der Waals surface area (Å²) in [4.78, 5) is 38.0. The van der Waals surface area contributed by atoms with E-state index < -0.39 is 11.6 Å². The normalized spacial score (nSPS) is 12.3. The number of aromatic nitrogens is 2. The maximum absolute atomic E-state index is 13.8. The number of amides is 2. The predicted molar refractivity (Wildman–Crippen MR) is 124 cm³/mol. The van der Waals surface area contributed by atoms with E-state index in [1.54, 1.807) is 29.4 Å². The van der Waals surface area contributed by atoms with Crippen LogP contribution in [0.4, 0.5) is 5.69 Å². The molecule has 31 heavy (non-hydrogen) atoms. The molecule has 3 aromatic rings. The average Bonchev–Trinajstić information content (AvgIpc) is 3.10. The largest absolute Gasteiger partial charge is 0.349 e. The second-order valence-corrected chi connectivity index (χ2v) is 9.27. The van der Waals surface area contributed by atoms with Crippen molar-refractivity contribution < 1.29 is 9.59 Å². The Balaban J connectivity index is 2.17. The van der Waals surface area contributed by atoms with Gasteiger partial charge in [-0.1, -0.05) is 37.3 Å². The molecule has 2 aromatic heterocycles. The average molecular weight is 437 g/mol. The molecule has 0 aliphatic rings. The smallest absolute Gasteiger partial charge is 0.271 e. The maximum atomic E-state index is 13.8. The lowest BCUT2D eigenvalue weighted by atomic mass is 9.98. The molecule has 7 heteroatoms. The maximum Gasteiger partial charge on any atom is 0.271 e. The van der Waals surface area contributed by atoms with Crippen molar-refractivity contribution in [1.82, 2.24) is 15.3 Å². The number of aryl methyl sites for hydroxylation is 2. The first-order chi connectivity index (χ1) is 14.7. The van der Waals surface area contributed by atoms with Crippen LogP contribution in [0.3, 0.4) is 0 Å². The van der Waals surface area contributed by atoms with E-state index in [4.69, 9.17) is 0 Å². The Morgan fingerprint density at radius 3 is 2.29 bits per heavy atom. The summed E-state index contributed by atoms with van der Waals surface area (Å²) in [5, 5.41) is 3.93. The third-order valence-electron chi connectivity index (χ3n) is 5.22. The lowest BCUT2D eigenvalue weighted by Crippen LogP contribution is -2.50. The Morgan fingerprint density at radius 2 is 1.74 bits per heavy atom. The van der Waals surface area contributed by atoms with Crippen molar-refractivity contribution in [2.24, 2.45) is 0 Å². The number of hydrogen-bond acceptors (Lipinski definition) is 5. The minimum Gasteiger partial charge on any atom is -0.349 e. The lowest BCUT2D eigenvalue weighted by molar-refractivity contribution is -0.124. The van der Waals surface area contributed by atoms with E-state index in [1.165, 1.54) is 11.3 Å². The van der Waals surface area contributed by atoms with E-state index in [2.05, 4.69) is 15.3 Å². The van der Waals surface area contributed by atoms with Gasteiger partial charge in [-0.25, -0.2) is 4.98 Å². The highest BCUT2D eigenvalue weighted by molar-refractivity contribution is 7.13. The summed E-state index contributed by atoms with van der Waals surface area (Å²) in [5.74, 6) is -0.491. The predicted octanol–water partition coefficient (Wildman–Crippen LogP) is 4.85. The van der Waals surface area contributed by atoms with Gasteiger partial charge < -0.3 is 5.32 Å². The van der Waals surface area contributed by atoms with E-state index in [0.29, 0.717) is 16.3 Å². The number of thiazole rings is 1. The highest BCUT2D eigenvalue weighted by Gasteiger charge is 2.36. The molecule has 0 saturated carbocycles. The van der Waals surface area contributed by atoms with E-state index in [9.17, 15) is 9.59 Å². The number of rotatable bonds is 7. The Bertz CT molecular complexity index is 1050. The van der Waals surface area contributed by atoms with Crippen molar-refractivity contribution in [2.75, 3.05) is 4.90 Å². The third-order valence-corrected chi connectivity index (χ3v) is 6.29. The molecule has 1 N–H and O–H groups in total. The van der Waals surface area contributed by atoms with Crippen molar-refractivity contribution in [3.8, 4) is 0 Å². The van der Waals surface area contributed by atoms with Crippen LogP contribution in [-0.4, -0.2) is 27.3 Å². The molecule has 0 saturated heterocycles. The zero-order chi connectivity index (χ0) is 22.6. The van der Waals surface area contributed by atoms with Gasteiger partial charge in [-0.05, 0) is 51.8 Å². The Kier molecular flexibility index (Phi) is 6.85. The summed E-state index contributed by atoms with van der Waals surface area (Å²) in [5.41, 5.74) is 1.58. The molecule has 2 heterocycles. The standard InChI is InChI=1S/C24H28N4O2S/c1-6-24(4,5)27-22(29)20(18-10-8-7-9-11-18)28(19-12-14-25-15-13-19)23(30)21-16(2)26-17(3)31-21/h7-15,20H,6H2,1-5H3,(H,27,29). The molecule has 1 unspecified atom stereocenters. The number of carbonyl (C=O) groups is 2. The number of nitrogens with one attached hydrogen (secondary N) is 1. The van der Waals surface area contributed by atoms with Gasteiger partial charge in [0, 0.05) is 23.6 Å². The van der Waals surface area contributed by atoms with Gasteiger partial charge in [0.15, 0.2) is 0 Å². The second kappa shape index (κ2) is 9.39. The number of carbonyl (C=O) groups excluding carboxylic acids is 2. The van der Waals surface area contributed by atoms with E-state index in [-0.39, 0.29) is 11.8 Å². The fourth-order valence-electron chi connectivity index (χ4n) is 3.27. The molecule has 0 bridgehead atoms. The topological polar surface area (TPSA) is 75.2 Å². The molecular formula is C24H28N4O2S. The van der Waals surface area contributed by atoms with Crippen LogP contribution in [0.2, 0.25) is 0 Å². The van der Waals surface area contributed by atoms with Crippen molar-refractivity contribution >= 4 is 28.8 Å². The van der Waals surface area contributed by atoms with Crippen molar-refractivity contribution in [3.05, 3.63) is 76.0 Å². The van der Waals surface area contributed by atoms with Crippen molar-refractivity contribution in [2.45, 2.75) is 52.6 Å². The zero-order valence-electron chi connectivity index (χ0n) is 18.5. The van der Waals surface area contributed by atoms with Crippen LogP contribution in [0, 0.1) is 13.8 Å². The van der Waals surface area contributed by atoms with Crippen molar-refractivity contribution in [1.29, 1.82) is 0 Å². The summed E-state index contributed by atoms with van der Waals surface area (Å²) in [6.45, 7) is 9.66. The summed E-state index contributed by atoms with van der Waals surface area (Å²) < 4.78 is 0. The first-order valence-electron chi connectivity index (χ1n) is 10.3. The van der Waals surface area contributed by atoms with Gasteiger partial charge in [-0.15, -0.1) is 11.3 Å². The van der Waals surface area contributed by atoms with Crippen LogP contribution in [0.1, 0.15) is 59.2 Å². The number of nitrogens with zero attached hydrogens (tertiary/aromatic N) is 3. The summed E-state index contributed by atoms with van der Waals surface area (Å²) in [6.07, 6.45) is 4.00. The number of benzene rings is 1. The Labute approximate surface area is 187 Å². The van der Waals surface area contributed by atoms with Crippen LogP contribution in [0.25, 0.3) is 0 Å². The Morgan fingerprint density at radius 1 is 1.10 bits per heavy atom. The SMILES string of the molecule is CCC(C)(C)NC(=O)C(c1ccccc1)N(C(=O)c1sc(C)nc1C)c1ccncc1. The lowest BCUT2D eigenvalue weighted by Gasteiger charge is -2.34. The molecule has 0 aliphatic heterocycles. The Hall–Kier alpha value is -3.06. The molecule has 1 atom stereocenters. The molecule has 0 spiro atoms. The molecule has 1 aromatic carbocycles. The van der Waals surface area contributed by atoms with Crippen molar-refractivity contribution in [3.63, 3.8) is 0 Å². The monoisotopic (exact) mass is 436 g/mol. The molecule has 2 amide bonds. The first-order valence-corrected chi connectivity index (χ1v) is 11.1. The van der Waals surface area contributed by atoms with Crippen LogP contribution in [0.5, 0.6) is 0 Å². The molecule has 6 nitrogen and oxygen atoms in total. The van der Waals surface area contributed by atoms with Crippen LogP contribution in [-0.2, 0) is 4.79 Å². The van der Waals surface area contributed by atoms with Gasteiger partial charge >= 0.3 is 0 Å². The number of pyridine rings is 1. The molecule has 162 valence electrons. The second-order valence-electron chi connectivity index (χ2n) is 8.07. The van der Waals surface area contributed by atoms with Gasteiger partial charge in [0.1, 0.15) is 10.9 Å². The van der Waals surface area contributed by atoms with Gasteiger partial charge in [-0.2, -0.15) is 0 Å². The van der Waals surface area contributed by atoms with Gasteiger partial charge in [0.05, 0.1) is 10.7 Å². The summed E-state index contributed by atoms with van der Waals surface area (Å²) in [7, 11) is 0. The van der Waals surface area contributed by atoms with Gasteiger partial charge in [-0.3, -0.25) is 19.5 Å². The van der Waals surface area contributed by atoms with E-state index in [0.717, 1.165) is 17.0 Å².